The van der Waals surface area contributed by atoms with Crippen LogP contribution in [-0.2, 0) is 0 Å². The monoisotopic (exact) mass is 350 g/mol. The molecule has 0 aliphatic heterocycles. The van der Waals surface area contributed by atoms with Crippen molar-refractivity contribution in [1.29, 1.82) is 0 Å². The summed E-state index contributed by atoms with van der Waals surface area (Å²) >= 11 is 6.02. The molecule has 2 aromatic rings. The number of rotatable bonds is 4. The molecule has 124 valence electrons. The Kier molecular flexibility index (Phi) is 4.49. The Morgan fingerprint density at radius 3 is 2.42 bits per heavy atom. The molecule has 3 rings (SSSR count). The van der Waals surface area contributed by atoms with Crippen LogP contribution in [0.25, 0.3) is 0 Å². The van der Waals surface area contributed by atoms with Crippen LogP contribution in [0.3, 0.4) is 0 Å². The fourth-order valence-electron chi connectivity index (χ4n) is 2.14. The summed E-state index contributed by atoms with van der Waals surface area (Å²) in [6, 6.07) is 7.23. The van der Waals surface area contributed by atoms with Gasteiger partial charge in [-0.2, -0.15) is 0 Å². The molecule has 0 atom stereocenters. The Morgan fingerprint density at radius 2 is 1.75 bits per heavy atom. The van der Waals surface area contributed by atoms with E-state index < -0.39 is 17.5 Å². The molecular weight excluding hydrogens is 338 g/mol. The van der Waals surface area contributed by atoms with Crippen LogP contribution < -0.4 is 10.6 Å². The van der Waals surface area contributed by atoms with Crippen molar-refractivity contribution < 1.29 is 18.4 Å². The van der Waals surface area contributed by atoms with Gasteiger partial charge in [-0.05, 0) is 43.2 Å². The molecule has 0 radical (unpaired) electrons. The average molecular weight is 351 g/mol. The molecule has 0 spiro atoms. The quantitative estimate of drug-likeness (QED) is 0.882. The molecule has 1 saturated carbocycles. The predicted octanol–water partition coefficient (Wildman–Crippen LogP) is 3.76. The van der Waals surface area contributed by atoms with Gasteiger partial charge in [0.2, 0.25) is 0 Å². The third-order valence-electron chi connectivity index (χ3n) is 3.56. The fourth-order valence-corrected chi connectivity index (χ4v) is 2.34. The van der Waals surface area contributed by atoms with Gasteiger partial charge < -0.3 is 10.6 Å². The number of carbonyl (C=O) groups is 2. The molecule has 2 aromatic carbocycles. The van der Waals surface area contributed by atoms with Crippen LogP contribution in [0.15, 0.2) is 36.4 Å². The summed E-state index contributed by atoms with van der Waals surface area (Å²) in [6.45, 7) is 0. The van der Waals surface area contributed by atoms with E-state index in [9.17, 15) is 18.4 Å². The number of halogens is 3. The molecule has 7 heteroatoms. The summed E-state index contributed by atoms with van der Waals surface area (Å²) in [5.74, 6) is -2.81. The van der Waals surface area contributed by atoms with E-state index in [1.807, 2.05) is 0 Å². The zero-order valence-corrected chi connectivity index (χ0v) is 13.2. The highest BCUT2D eigenvalue weighted by Crippen LogP contribution is 2.24. The van der Waals surface area contributed by atoms with E-state index in [1.54, 1.807) is 0 Å². The lowest BCUT2D eigenvalue weighted by Gasteiger charge is -2.10. The SMILES string of the molecule is O=C(Nc1ccc(Cl)c(C(=O)NC2CC2)c1)c1ccc(F)cc1F. The first-order valence-corrected chi connectivity index (χ1v) is 7.68. The van der Waals surface area contributed by atoms with Crippen LogP contribution in [0.1, 0.15) is 33.6 Å². The van der Waals surface area contributed by atoms with Crippen LogP contribution in [0.5, 0.6) is 0 Å². The molecule has 1 fully saturated rings. The number of nitrogens with one attached hydrogen (secondary N) is 2. The first-order valence-electron chi connectivity index (χ1n) is 7.31. The molecule has 1 aliphatic rings. The first kappa shape index (κ1) is 16.4. The van der Waals surface area contributed by atoms with E-state index in [0.717, 1.165) is 25.0 Å². The molecule has 0 unspecified atom stereocenters. The van der Waals surface area contributed by atoms with Gasteiger partial charge in [-0.1, -0.05) is 11.6 Å². The highest BCUT2D eigenvalue weighted by Gasteiger charge is 2.25. The maximum atomic E-state index is 13.6. The van der Waals surface area contributed by atoms with E-state index in [-0.39, 0.29) is 33.8 Å². The normalized spacial score (nSPS) is 13.5. The minimum Gasteiger partial charge on any atom is -0.349 e. The van der Waals surface area contributed by atoms with Crippen molar-refractivity contribution in [2.75, 3.05) is 5.32 Å². The molecule has 0 heterocycles. The lowest BCUT2D eigenvalue weighted by atomic mass is 10.1. The molecular formula is C17H13ClF2N2O2. The summed E-state index contributed by atoms with van der Waals surface area (Å²) < 4.78 is 26.5. The van der Waals surface area contributed by atoms with Gasteiger partial charge in [0.1, 0.15) is 11.6 Å². The molecule has 4 nitrogen and oxygen atoms in total. The Morgan fingerprint density at radius 1 is 1.00 bits per heavy atom. The van der Waals surface area contributed by atoms with Crippen LogP contribution in [-0.4, -0.2) is 17.9 Å². The highest BCUT2D eigenvalue weighted by molar-refractivity contribution is 6.34. The van der Waals surface area contributed by atoms with Gasteiger partial charge in [0.05, 0.1) is 16.1 Å². The first-order chi connectivity index (χ1) is 11.4. The van der Waals surface area contributed by atoms with Crippen LogP contribution in [0.2, 0.25) is 5.02 Å². The summed E-state index contributed by atoms with van der Waals surface area (Å²) in [5.41, 5.74) is 0.213. The second kappa shape index (κ2) is 6.57. The zero-order chi connectivity index (χ0) is 17.3. The highest BCUT2D eigenvalue weighted by atomic mass is 35.5. The van der Waals surface area contributed by atoms with Crippen molar-refractivity contribution in [2.45, 2.75) is 18.9 Å². The molecule has 2 N–H and O–H groups in total. The number of hydrogen-bond donors (Lipinski definition) is 2. The number of benzene rings is 2. The van der Waals surface area contributed by atoms with Crippen molar-refractivity contribution in [2.24, 2.45) is 0 Å². The van der Waals surface area contributed by atoms with Crippen molar-refractivity contribution in [3.63, 3.8) is 0 Å². The van der Waals surface area contributed by atoms with Gasteiger partial charge in [-0.3, -0.25) is 9.59 Å². The molecule has 0 aromatic heterocycles. The van der Waals surface area contributed by atoms with Gasteiger partial charge in [0.15, 0.2) is 0 Å². The predicted molar refractivity (Wildman–Crippen MR) is 86.3 cm³/mol. The average Bonchev–Trinajstić information content (AvgIpc) is 3.32. The van der Waals surface area contributed by atoms with Crippen LogP contribution in [0.4, 0.5) is 14.5 Å². The number of hydrogen-bond acceptors (Lipinski definition) is 2. The van der Waals surface area contributed by atoms with E-state index in [0.29, 0.717) is 6.07 Å². The van der Waals surface area contributed by atoms with Crippen LogP contribution in [0, 0.1) is 11.6 Å². The summed E-state index contributed by atoms with van der Waals surface area (Å²) in [6.07, 6.45) is 1.87. The van der Waals surface area contributed by atoms with Gasteiger partial charge in [0, 0.05) is 17.8 Å². The summed E-state index contributed by atoms with van der Waals surface area (Å²) in [5, 5.41) is 5.52. The molecule has 2 amide bonds. The second-order valence-electron chi connectivity index (χ2n) is 5.52. The maximum absolute atomic E-state index is 13.6. The molecule has 0 saturated heterocycles. The Balaban J connectivity index is 1.79. The van der Waals surface area contributed by atoms with Crippen molar-refractivity contribution >= 4 is 29.1 Å². The largest absolute Gasteiger partial charge is 0.349 e. The maximum Gasteiger partial charge on any atom is 0.258 e. The lowest BCUT2D eigenvalue weighted by molar-refractivity contribution is 0.0949. The molecule has 0 bridgehead atoms. The number of carbonyl (C=O) groups excluding carboxylic acids is 2. The second-order valence-corrected chi connectivity index (χ2v) is 5.93. The standard InChI is InChI=1S/C17H13ClF2N2O2/c18-14-6-4-11(8-13(14)17(24)21-10-2-3-10)22-16(23)12-5-1-9(19)7-15(12)20/h1,4-8,10H,2-3H2,(H,21,24)(H,22,23). The molecule has 24 heavy (non-hydrogen) atoms. The zero-order valence-electron chi connectivity index (χ0n) is 12.4. The van der Waals surface area contributed by atoms with Gasteiger partial charge in [0.25, 0.3) is 11.8 Å². The van der Waals surface area contributed by atoms with Crippen LogP contribution >= 0.6 is 11.6 Å². The minimum atomic E-state index is -0.965. The minimum absolute atomic E-state index is 0.167. The summed E-state index contributed by atoms with van der Waals surface area (Å²) in [4.78, 5) is 24.2. The lowest BCUT2D eigenvalue weighted by Crippen LogP contribution is -2.25. The van der Waals surface area contributed by atoms with Gasteiger partial charge in [-0.25, -0.2) is 8.78 Å². The van der Waals surface area contributed by atoms with E-state index >= 15 is 0 Å². The fraction of sp³-hybridized carbons (Fsp3) is 0.176. The Bertz CT molecular complexity index is 822. The molecule has 1 aliphatic carbocycles. The Hall–Kier alpha value is -2.47. The topological polar surface area (TPSA) is 58.2 Å². The number of anilines is 1. The van der Waals surface area contributed by atoms with Crippen molar-refractivity contribution in [3.05, 3.63) is 64.2 Å². The Labute approximate surface area is 141 Å². The van der Waals surface area contributed by atoms with Gasteiger partial charge >= 0.3 is 0 Å². The van der Waals surface area contributed by atoms with E-state index in [1.165, 1.54) is 18.2 Å². The third kappa shape index (κ3) is 3.71. The number of amides is 2. The van der Waals surface area contributed by atoms with Gasteiger partial charge in [-0.15, -0.1) is 0 Å². The third-order valence-corrected chi connectivity index (χ3v) is 3.89. The smallest absolute Gasteiger partial charge is 0.258 e. The summed E-state index contributed by atoms with van der Waals surface area (Å²) in [7, 11) is 0. The van der Waals surface area contributed by atoms with Crippen molar-refractivity contribution in [3.8, 4) is 0 Å². The van der Waals surface area contributed by atoms with Crippen molar-refractivity contribution in [1.82, 2.24) is 5.32 Å². The van der Waals surface area contributed by atoms with E-state index in [4.69, 9.17) is 11.6 Å². The van der Waals surface area contributed by atoms with E-state index in [2.05, 4.69) is 10.6 Å².